The average Bonchev–Trinajstić information content (AvgIpc) is 2.93. The maximum Gasteiger partial charge on any atom is 0.213 e. The van der Waals surface area contributed by atoms with Crippen LogP contribution in [0, 0.1) is 11.3 Å². The SMILES string of the molecule is N#C/C(=C/c1ccc(O)c(Cl)c1)C(=O)c1cccs1. The van der Waals surface area contributed by atoms with E-state index in [1.54, 1.807) is 23.6 Å². The van der Waals surface area contributed by atoms with Crippen LogP contribution < -0.4 is 0 Å². The Morgan fingerprint density at radius 3 is 2.79 bits per heavy atom. The highest BCUT2D eigenvalue weighted by molar-refractivity contribution is 7.12. The third-order valence-corrected chi connectivity index (χ3v) is 3.56. The van der Waals surface area contributed by atoms with E-state index in [0.29, 0.717) is 10.4 Å². The first-order valence-electron chi connectivity index (χ1n) is 5.30. The minimum atomic E-state index is -0.318. The molecule has 0 spiro atoms. The predicted molar refractivity (Wildman–Crippen MR) is 75.4 cm³/mol. The molecule has 1 aromatic carbocycles. The Morgan fingerprint density at radius 2 is 2.21 bits per heavy atom. The molecule has 0 aliphatic carbocycles. The molecule has 0 aliphatic rings. The molecule has 5 heteroatoms. The summed E-state index contributed by atoms with van der Waals surface area (Å²) in [5.74, 6) is -0.358. The molecule has 0 atom stereocenters. The molecule has 19 heavy (non-hydrogen) atoms. The Hall–Kier alpha value is -2.09. The molecule has 1 aromatic heterocycles. The third kappa shape index (κ3) is 3.02. The first kappa shape index (κ1) is 13.3. The van der Waals surface area contributed by atoms with Crippen molar-refractivity contribution in [2.24, 2.45) is 0 Å². The summed E-state index contributed by atoms with van der Waals surface area (Å²) in [5, 5.41) is 20.3. The molecule has 2 aromatic rings. The summed E-state index contributed by atoms with van der Waals surface area (Å²) >= 11 is 7.06. The van der Waals surface area contributed by atoms with Crippen LogP contribution in [0.1, 0.15) is 15.2 Å². The quantitative estimate of drug-likeness (QED) is 0.529. The van der Waals surface area contributed by atoms with Crippen LogP contribution in [0.15, 0.2) is 41.3 Å². The third-order valence-electron chi connectivity index (χ3n) is 2.39. The van der Waals surface area contributed by atoms with Crippen LogP contribution >= 0.6 is 22.9 Å². The zero-order chi connectivity index (χ0) is 13.8. The van der Waals surface area contributed by atoms with E-state index in [1.165, 1.54) is 29.5 Å². The lowest BCUT2D eigenvalue weighted by Crippen LogP contribution is -1.98. The van der Waals surface area contributed by atoms with Gasteiger partial charge in [0.15, 0.2) is 0 Å². The Bertz CT molecular complexity index is 684. The van der Waals surface area contributed by atoms with E-state index in [-0.39, 0.29) is 22.1 Å². The van der Waals surface area contributed by atoms with Gasteiger partial charge < -0.3 is 5.11 Å². The van der Waals surface area contributed by atoms with E-state index in [4.69, 9.17) is 16.9 Å². The molecule has 0 saturated carbocycles. The van der Waals surface area contributed by atoms with Crippen LogP contribution in [0.3, 0.4) is 0 Å². The monoisotopic (exact) mass is 289 g/mol. The van der Waals surface area contributed by atoms with Crippen molar-refractivity contribution < 1.29 is 9.90 Å². The van der Waals surface area contributed by atoms with Gasteiger partial charge in [-0.1, -0.05) is 23.7 Å². The highest BCUT2D eigenvalue weighted by atomic mass is 35.5. The van der Waals surface area contributed by atoms with Gasteiger partial charge in [0.05, 0.1) is 9.90 Å². The summed E-state index contributed by atoms with van der Waals surface area (Å²) in [7, 11) is 0. The largest absolute Gasteiger partial charge is 0.506 e. The average molecular weight is 290 g/mol. The highest BCUT2D eigenvalue weighted by Crippen LogP contribution is 2.25. The molecule has 0 radical (unpaired) electrons. The number of nitrogens with zero attached hydrogens (tertiary/aromatic N) is 1. The molecule has 1 heterocycles. The van der Waals surface area contributed by atoms with E-state index >= 15 is 0 Å². The second kappa shape index (κ2) is 5.70. The van der Waals surface area contributed by atoms with Gasteiger partial charge in [-0.15, -0.1) is 11.3 Å². The van der Waals surface area contributed by atoms with Crippen LogP contribution in [-0.2, 0) is 0 Å². The van der Waals surface area contributed by atoms with Crippen molar-refractivity contribution >= 4 is 34.8 Å². The first-order valence-corrected chi connectivity index (χ1v) is 6.56. The fourth-order valence-corrected chi connectivity index (χ4v) is 2.34. The molecule has 0 aliphatic heterocycles. The number of thiophene rings is 1. The Labute approximate surface area is 119 Å². The van der Waals surface area contributed by atoms with Gasteiger partial charge in [0.25, 0.3) is 0 Å². The molecule has 0 unspecified atom stereocenters. The standard InChI is InChI=1S/C14H8ClNO2S/c15-11-7-9(3-4-12(11)17)6-10(8-16)14(18)13-2-1-5-19-13/h1-7,17H/b10-6-. The van der Waals surface area contributed by atoms with Gasteiger partial charge in [-0.3, -0.25) is 4.79 Å². The molecule has 0 amide bonds. The van der Waals surface area contributed by atoms with E-state index in [0.717, 1.165) is 0 Å². The lowest BCUT2D eigenvalue weighted by Gasteiger charge is -1.99. The number of allylic oxidation sites excluding steroid dienone is 1. The minimum absolute atomic E-state index is 0.0317. The van der Waals surface area contributed by atoms with Gasteiger partial charge in [-0.2, -0.15) is 5.26 Å². The number of halogens is 1. The van der Waals surface area contributed by atoms with Crippen LogP contribution in [-0.4, -0.2) is 10.9 Å². The van der Waals surface area contributed by atoms with Gasteiger partial charge in [0.2, 0.25) is 5.78 Å². The van der Waals surface area contributed by atoms with E-state index < -0.39 is 0 Å². The number of aromatic hydroxyl groups is 1. The number of rotatable bonds is 3. The summed E-state index contributed by atoms with van der Waals surface area (Å²) in [6, 6.07) is 9.80. The van der Waals surface area contributed by atoms with Crippen LogP contribution in [0.25, 0.3) is 6.08 Å². The molecule has 94 valence electrons. The van der Waals surface area contributed by atoms with E-state index in [1.807, 2.05) is 6.07 Å². The number of phenolic OH excluding ortho intramolecular Hbond substituents is 1. The van der Waals surface area contributed by atoms with Crippen LogP contribution in [0.2, 0.25) is 5.02 Å². The van der Waals surface area contributed by atoms with Crippen molar-refractivity contribution in [2.45, 2.75) is 0 Å². The molecule has 0 saturated heterocycles. The van der Waals surface area contributed by atoms with Crippen LogP contribution in [0.5, 0.6) is 5.75 Å². The molecular weight excluding hydrogens is 282 g/mol. The molecule has 0 fully saturated rings. The number of phenols is 1. The van der Waals surface area contributed by atoms with Crippen LogP contribution in [0.4, 0.5) is 0 Å². The fraction of sp³-hybridized carbons (Fsp3) is 0. The summed E-state index contributed by atoms with van der Waals surface area (Å²) in [6.45, 7) is 0. The normalized spacial score (nSPS) is 11.1. The number of carbonyl (C=O) groups excluding carboxylic acids is 1. The number of benzene rings is 1. The summed E-state index contributed by atoms with van der Waals surface area (Å²) < 4.78 is 0. The molecule has 1 N–H and O–H groups in total. The first-order chi connectivity index (χ1) is 9.11. The van der Waals surface area contributed by atoms with Gasteiger partial charge >= 0.3 is 0 Å². The molecular formula is C14H8ClNO2S. The van der Waals surface area contributed by atoms with Crippen molar-refractivity contribution in [1.29, 1.82) is 5.26 Å². The van der Waals surface area contributed by atoms with Gasteiger partial charge in [-0.25, -0.2) is 0 Å². The fourth-order valence-electron chi connectivity index (χ4n) is 1.47. The highest BCUT2D eigenvalue weighted by Gasteiger charge is 2.13. The predicted octanol–water partition coefficient (Wildman–Crippen LogP) is 3.90. The lowest BCUT2D eigenvalue weighted by molar-refractivity contribution is 0.104. The minimum Gasteiger partial charge on any atom is -0.506 e. The zero-order valence-corrected chi connectivity index (χ0v) is 11.2. The molecule has 0 bridgehead atoms. The Morgan fingerprint density at radius 1 is 1.42 bits per heavy atom. The van der Waals surface area contributed by atoms with Crippen molar-refractivity contribution in [3.63, 3.8) is 0 Å². The van der Waals surface area contributed by atoms with Gasteiger partial charge in [0, 0.05) is 0 Å². The van der Waals surface area contributed by atoms with Gasteiger partial charge in [0.1, 0.15) is 17.4 Å². The topological polar surface area (TPSA) is 61.1 Å². The number of nitriles is 1. The summed E-state index contributed by atoms with van der Waals surface area (Å²) in [6.07, 6.45) is 1.45. The van der Waals surface area contributed by atoms with Crippen molar-refractivity contribution in [3.05, 3.63) is 56.7 Å². The number of Topliss-reactive ketones (excluding diaryl/α,β-unsaturated/α-hetero) is 1. The van der Waals surface area contributed by atoms with Gasteiger partial charge in [-0.05, 0) is 35.2 Å². The summed E-state index contributed by atoms with van der Waals surface area (Å²) in [5.41, 5.74) is 0.619. The maximum atomic E-state index is 12.0. The second-order valence-corrected chi connectivity index (χ2v) is 5.04. The van der Waals surface area contributed by atoms with E-state index in [9.17, 15) is 9.90 Å². The second-order valence-electron chi connectivity index (χ2n) is 3.69. The van der Waals surface area contributed by atoms with Crippen molar-refractivity contribution in [2.75, 3.05) is 0 Å². The molecule has 2 rings (SSSR count). The van der Waals surface area contributed by atoms with E-state index in [2.05, 4.69) is 0 Å². The van der Waals surface area contributed by atoms with Crippen molar-refractivity contribution in [3.8, 4) is 11.8 Å². The Kier molecular flexibility index (Phi) is 4.00. The summed E-state index contributed by atoms with van der Waals surface area (Å²) in [4.78, 5) is 12.5. The smallest absolute Gasteiger partial charge is 0.213 e. The number of ketones is 1. The number of hydrogen-bond donors (Lipinski definition) is 1. The van der Waals surface area contributed by atoms with Crippen molar-refractivity contribution in [1.82, 2.24) is 0 Å². The maximum absolute atomic E-state index is 12.0. The lowest BCUT2D eigenvalue weighted by atomic mass is 10.1. The molecule has 3 nitrogen and oxygen atoms in total. The Balaban J connectivity index is 2.37. The number of hydrogen-bond acceptors (Lipinski definition) is 4. The number of carbonyl (C=O) groups is 1. The zero-order valence-electron chi connectivity index (χ0n) is 9.63.